The van der Waals surface area contributed by atoms with Crippen LogP contribution in [0.2, 0.25) is 0 Å². The molecular weight excluding hydrogens is 379 g/mol. The van der Waals surface area contributed by atoms with Gasteiger partial charge in [0.05, 0.1) is 12.9 Å². The van der Waals surface area contributed by atoms with E-state index in [1.54, 1.807) is 24.1 Å². The monoisotopic (exact) mass is 400 g/mol. The van der Waals surface area contributed by atoms with Crippen molar-refractivity contribution < 1.29 is 13.9 Å². The van der Waals surface area contributed by atoms with Crippen LogP contribution in [0.5, 0.6) is 5.75 Å². The molecule has 0 N–H and O–H groups in total. The molecule has 0 unspecified atom stereocenters. The van der Waals surface area contributed by atoms with Gasteiger partial charge in [-0.25, -0.2) is 4.39 Å². The summed E-state index contributed by atoms with van der Waals surface area (Å²) < 4.78 is 20.1. The number of methoxy groups -OCH3 is 1. The number of carbonyl (C=O) groups excluding carboxylic acids is 1. The molecule has 0 spiro atoms. The molecule has 0 radical (unpaired) electrons. The average Bonchev–Trinajstić information content (AvgIpc) is 3.09. The third-order valence-corrected chi connectivity index (χ3v) is 5.27. The van der Waals surface area contributed by atoms with Gasteiger partial charge in [-0.3, -0.25) is 4.79 Å². The molecule has 0 saturated carbocycles. The highest BCUT2D eigenvalue weighted by Crippen LogP contribution is 2.25. The van der Waals surface area contributed by atoms with Crippen molar-refractivity contribution in [1.29, 1.82) is 0 Å². The number of hydrogen-bond donors (Lipinski definition) is 0. The van der Waals surface area contributed by atoms with Crippen molar-refractivity contribution in [2.75, 3.05) is 24.3 Å². The third-order valence-electron chi connectivity index (χ3n) is 4.26. The molecule has 0 bridgehead atoms. The molecule has 0 fully saturated rings. The molecule has 0 atom stereocenters. The Morgan fingerprint density at radius 1 is 1.14 bits per heavy atom. The number of rotatable bonds is 7. The summed E-state index contributed by atoms with van der Waals surface area (Å²) in [5.74, 6) is 1.29. The second-order valence-corrected chi connectivity index (χ2v) is 6.94. The minimum atomic E-state index is -0.327. The molecule has 8 heteroatoms. The van der Waals surface area contributed by atoms with Gasteiger partial charge in [-0.05, 0) is 55.5 Å². The first-order valence-electron chi connectivity index (χ1n) is 8.76. The van der Waals surface area contributed by atoms with Crippen LogP contribution in [0.3, 0.4) is 0 Å². The molecule has 1 heterocycles. The first-order chi connectivity index (χ1) is 13.5. The van der Waals surface area contributed by atoms with Crippen molar-refractivity contribution in [3.8, 4) is 17.1 Å². The Hall–Kier alpha value is -2.87. The summed E-state index contributed by atoms with van der Waals surface area (Å²) in [6, 6.07) is 13.5. The van der Waals surface area contributed by atoms with Crippen LogP contribution < -0.4 is 9.64 Å². The standard InChI is InChI=1S/C20H21FN4O2S/c1-4-25(16-9-7-15(21)8-10-16)18(26)13-28-20-23-22-19(24(20)2)14-5-11-17(27-3)12-6-14/h5-12H,4,13H2,1-3H3. The Morgan fingerprint density at radius 3 is 2.43 bits per heavy atom. The van der Waals surface area contributed by atoms with Gasteiger partial charge in [-0.2, -0.15) is 0 Å². The van der Waals surface area contributed by atoms with E-state index < -0.39 is 0 Å². The number of hydrogen-bond acceptors (Lipinski definition) is 5. The second-order valence-electron chi connectivity index (χ2n) is 6.00. The van der Waals surface area contributed by atoms with Crippen molar-refractivity contribution in [2.45, 2.75) is 12.1 Å². The van der Waals surface area contributed by atoms with E-state index in [2.05, 4.69) is 10.2 Å². The van der Waals surface area contributed by atoms with Crippen molar-refractivity contribution in [3.05, 3.63) is 54.3 Å². The zero-order valence-corrected chi connectivity index (χ0v) is 16.7. The molecule has 1 amide bonds. The first kappa shape index (κ1) is 19.9. The van der Waals surface area contributed by atoms with Crippen LogP contribution in [0, 0.1) is 5.82 Å². The predicted molar refractivity (Wildman–Crippen MR) is 108 cm³/mol. The van der Waals surface area contributed by atoms with Gasteiger partial charge in [0.25, 0.3) is 0 Å². The Labute approximate surface area is 167 Å². The maximum Gasteiger partial charge on any atom is 0.237 e. The van der Waals surface area contributed by atoms with Gasteiger partial charge in [0, 0.05) is 24.8 Å². The summed E-state index contributed by atoms with van der Waals surface area (Å²) in [6.45, 7) is 2.39. The normalized spacial score (nSPS) is 10.7. The van der Waals surface area contributed by atoms with Crippen molar-refractivity contribution in [2.24, 2.45) is 7.05 Å². The summed E-state index contributed by atoms with van der Waals surface area (Å²) in [4.78, 5) is 14.2. The van der Waals surface area contributed by atoms with Gasteiger partial charge in [0.1, 0.15) is 11.6 Å². The molecule has 1 aromatic heterocycles. The molecule has 2 aromatic carbocycles. The van der Waals surface area contributed by atoms with Crippen LogP contribution >= 0.6 is 11.8 Å². The number of halogens is 1. The van der Waals surface area contributed by atoms with E-state index >= 15 is 0 Å². The lowest BCUT2D eigenvalue weighted by Gasteiger charge is -2.20. The van der Waals surface area contributed by atoms with Crippen LogP contribution in [0.1, 0.15) is 6.92 Å². The molecule has 146 valence electrons. The highest BCUT2D eigenvalue weighted by Gasteiger charge is 2.17. The van der Waals surface area contributed by atoms with Crippen LogP contribution in [-0.4, -0.2) is 40.1 Å². The van der Waals surface area contributed by atoms with Gasteiger partial charge < -0.3 is 14.2 Å². The van der Waals surface area contributed by atoms with Gasteiger partial charge >= 0.3 is 0 Å². The molecule has 0 aliphatic carbocycles. The summed E-state index contributed by atoms with van der Waals surface area (Å²) >= 11 is 1.32. The lowest BCUT2D eigenvalue weighted by molar-refractivity contribution is -0.116. The smallest absolute Gasteiger partial charge is 0.237 e. The Bertz CT molecular complexity index is 942. The number of nitrogens with zero attached hydrogens (tertiary/aromatic N) is 4. The summed E-state index contributed by atoms with van der Waals surface area (Å²) in [5.41, 5.74) is 1.59. The number of carbonyl (C=O) groups is 1. The SMILES string of the molecule is CCN(C(=O)CSc1nnc(-c2ccc(OC)cc2)n1C)c1ccc(F)cc1. The van der Waals surface area contributed by atoms with Crippen molar-refractivity contribution in [1.82, 2.24) is 14.8 Å². The fourth-order valence-electron chi connectivity index (χ4n) is 2.76. The minimum Gasteiger partial charge on any atom is -0.497 e. The Morgan fingerprint density at radius 2 is 1.82 bits per heavy atom. The highest BCUT2D eigenvalue weighted by atomic mass is 32.2. The topological polar surface area (TPSA) is 60.3 Å². The van der Waals surface area contributed by atoms with Crippen LogP contribution in [0.15, 0.2) is 53.7 Å². The second kappa shape index (κ2) is 8.88. The van der Waals surface area contributed by atoms with Crippen LogP contribution in [0.4, 0.5) is 10.1 Å². The van der Waals surface area contributed by atoms with Crippen LogP contribution in [0.25, 0.3) is 11.4 Å². The molecule has 0 aliphatic rings. The van der Waals surface area contributed by atoms with E-state index in [0.717, 1.165) is 11.3 Å². The van der Waals surface area contributed by atoms with E-state index in [4.69, 9.17) is 4.74 Å². The first-order valence-corrected chi connectivity index (χ1v) is 9.74. The van der Waals surface area contributed by atoms with Crippen molar-refractivity contribution in [3.63, 3.8) is 0 Å². The molecule has 0 aliphatic heterocycles. The Kier molecular flexibility index (Phi) is 6.30. The van der Waals surface area contributed by atoms with E-state index in [0.29, 0.717) is 23.2 Å². The van der Waals surface area contributed by atoms with Gasteiger partial charge in [0.2, 0.25) is 5.91 Å². The van der Waals surface area contributed by atoms with Crippen LogP contribution in [-0.2, 0) is 11.8 Å². The van der Waals surface area contributed by atoms with Crippen molar-refractivity contribution >= 4 is 23.4 Å². The molecule has 0 saturated heterocycles. The summed E-state index contributed by atoms with van der Waals surface area (Å²) in [7, 11) is 3.48. The molecular formula is C20H21FN4O2S. The number of aromatic nitrogens is 3. The fraction of sp³-hybridized carbons (Fsp3) is 0.250. The molecule has 28 heavy (non-hydrogen) atoms. The lowest BCUT2D eigenvalue weighted by atomic mass is 10.2. The number of thioether (sulfide) groups is 1. The third kappa shape index (κ3) is 4.33. The van der Waals surface area contributed by atoms with E-state index in [-0.39, 0.29) is 17.5 Å². The number of ether oxygens (including phenoxy) is 1. The van der Waals surface area contributed by atoms with Gasteiger partial charge in [-0.1, -0.05) is 11.8 Å². The number of anilines is 1. The molecule has 6 nitrogen and oxygen atoms in total. The zero-order valence-electron chi connectivity index (χ0n) is 15.9. The zero-order chi connectivity index (χ0) is 20.1. The maximum absolute atomic E-state index is 13.1. The summed E-state index contributed by atoms with van der Waals surface area (Å²) in [5, 5.41) is 9.09. The summed E-state index contributed by atoms with van der Waals surface area (Å²) in [6.07, 6.45) is 0. The maximum atomic E-state index is 13.1. The number of amides is 1. The Balaban J connectivity index is 1.69. The average molecular weight is 400 g/mol. The van der Waals surface area contributed by atoms with E-state index in [1.807, 2.05) is 42.8 Å². The van der Waals surface area contributed by atoms with Gasteiger partial charge in [0.15, 0.2) is 11.0 Å². The lowest BCUT2D eigenvalue weighted by Crippen LogP contribution is -2.32. The van der Waals surface area contributed by atoms with E-state index in [9.17, 15) is 9.18 Å². The number of benzene rings is 2. The largest absolute Gasteiger partial charge is 0.497 e. The van der Waals surface area contributed by atoms with E-state index in [1.165, 1.54) is 23.9 Å². The predicted octanol–water partition coefficient (Wildman–Crippen LogP) is 3.78. The van der Waals surface area contributed by atoms with Gasteiger partial charge in [-0.15, -0.1) is 10.2 Å². The minimum absolute atomic E-state index is 0.0758. The molecule has 3 aromatic rings. The highest BCUT2D eigenvalue weighted by molar-refractivity contribution is 7.99. The fourth-order valence-corrected chi connectivity index (χ4v) is 3.55. The quantitative estimate of drug-likeness (QED) is 0.565. The molecule has 3 rings (SSSR count).